The van der Waals surface area contributed by atoms with Crippen LogP contribution in [0.5, 0.6) is 0 Å². The van der Waals surface area contributed by atoms with E-state index in [2.05, 4.69) is 340 Å². The summed E-state index contributed by atoms with van der Waals surface area (Å²) in [5.74, 6) is 0. The molecule has 0 saturated carbocycles. The minimum Gasteiger partial charge on any atom is -0.657 e. The largest absolute Gasteiger partial charge is 0.657 e. The molecule has 0 spiro atoms. The molecule has 5 heterocycles. The number of aromatic nitrogens is 4. The number of rotatable bonds is 16. The van der Waals surface area contributed by atoms with Gasteiger partial charge in [0.05, 0.1) is 68.4 Å². The van der Waals surface area contributed by atoms with Crippen molar-refractivity contribution in [3.8, 4) is 44.5 Å². The zero-order chi connectivity index (χ0) is 69.4. The van der Waals surface area contributed by atoms with Gasteiger partial charge in [0.1, 0.15) is 0 Å². The van der Waals surface area contributed by atoms with E-state index in [0.717, 1.165) is 179 Å². The molecule has 0 aliphatic carbocycles. The van der Waals surface area contributed by atoms with Gasteiger partial charge in [-0.3, -0.25) is 0 Å². The Bertz CT molecular complexity index is 5070. The molecule has 12 aromatic carbocycles. The lowest BCUT2D eigenvalue weighted by Crippen LogP contribution is -2.02. The SMILES string of the molecule is C1=Cc2nc1c(-c1ccc(N=C(c3ccccc3)c3ccccc3)cc1)c1ccc([n-]1)c(-c1ccc(N=C(c3ccccc3)c3ccccc3)cc1)c1nc(c(-c3ccc(N=C(c4ccccc4)c4ccccc4)cc3)c3ccc([n-]3)c2-c2ccc(N=C(c3ccccc3)c3ccccc3)cc2)C=C1. The fourth-order valence-electron chi connectivity index (χ4n) is 13.5. The highest BCUT2D eigenvalue weighted by Crippen LogP contribution is 2.40. The number of hydrogen-bond acceptors (Lipinski definition) is 6. The van der Waals surface area contributed by atoms with Crippen LogP contribution in [0.25, 0.3) is 90.9 Å². The molecule has 2 aliphatic rings. The fourth-order valence-corrected chi connectivity index (χ4v) is 13.5. The Kier molecular flexibility index (Phi) is 17.7. The van der Waals surface area contributed by atoms with Gasteiger partial charge in [0, 0.05) is 44.5 Å². The lowest BCUT2D eigenvalue weighted by atomic mass is 10.0. The maximum absolute atomic E-state index is 5.68. The standard InChI is InChI=1S/C96H64N8/c1-9-25-69(26-10-1)93(70-27-11-2-12-28-70)97-77-49-41-65(42-50-77)89-81-57-59-83(101-81)90(66-43-51-78(52-44-66)98-94(71-29-13-3-14-30-71)72-31-15-4-16-32-72)85-61-63-87(103-85)92(68-47-55-80(56-48-68)100-96(75-37-21-7-22-38-75)76-39-23-8-24-40-76)88-64-62-86(104-88)91(84-60-58-82(89)102-84)67-45-53-79(54-46-67)99-95(73-33-17-5-18-34-73)74-35-19-6-20-36-74/h1-64H/q-2. The molecule has 0 amide bonds. The Morgan fingerprint density at radius 3 is 0.510 bits per heavy atom. The Labute approximate surface area is 604 Å². The van der Waals surface area contributed by atoms with Crippen LogP contribution in [-0.4, -0.2) is 32.8 Å². The minimum atomic E-state index is 0.742. The van der Waals surface area contributed by atoms with E-state index < -0.39 is 0 Å². The van der Waals surface area contributed by atoms with Crippen molar-refractivity contribution in [1.82, 2.24) is 19.9 Å². The predicted molar refractivity (Wildman–Crippen MR) is 431 cm³/mol. The first kappa shape index (κ1) is 63.4. The van der Waals surface area contributed by atoms with Crippen LogP contribution in [0.15, 0.2) is 384 Å². The first-order valence-electron chi connectivity index (χ1n) is 34.8. The summed E-state index contributed by atoms with van der Waals surface area (Å²) in [7, 11) is 0. The molecule has 8 bridgehead atoms. The topological polar surface area (TPSA) is 103 Å². The number of fused-ring (bicyclic) bond motifs is 8. The molecule has 0 fully saturated rings. The maximum Gasteiger partial charge on any atom is 0.0781 e. The van der Waals surface area contributed by atoms with Crippen LogP contribution in [0.3, 0.4) is 0 Å². The van der Waals surface area contributed by atoms with Crippen molar-refractivity contribution in [3.05, 3.63) is 431 Å². The average Bonchev–Trinajstić information content (AvgIpc) is 1.58. The molecular formula is C96H64N8-2. The summed E-state index contributed by atoms with van der Waals surface area (Å²) < 4.78 is 0. The summed E-state index contributed by atoms with van der Waals surface area (Å²) in [4.78, 5) is 44.1. The Morgan fingerprint density at radius 1 is 0.183 bits per heavy atom. The Hall–Kier alpha value is -14.1. The van der Waals surface area contributed by atoms with Crippen molar-refractivity contribution in [2.45, 2.75) is 0 Å². The molecule has 3 aromatic heterocycles. The van der Waals surface area contributed by atoms with Gasteiger partial charge in [0.25, 0.3) is 0 Å². The molecule has 0 atom stereocenters. The van der Waals surface area contributed by atoms with Crippen LogP contribution in [0.1, 0.15) is 67.3 Å². The van der Waals surface area contributed by atoms with Crippen molar-refractivity contribution in [2.75, 3.05) is 0 Å². The van der Waals surface area contributed by atoms with Crippen LogP contribution >= 0.6 is 0 Å². The Morgan fingerprint density at radius 2 is 0.346 bits per heavy atom. The van der Waals surface area contributed by atoms with E-state index in [-0.39, 0.29) is 0 Å². The van der Waals surface area contributed by atoms with Gasteiger partial charge in [0.2, 0.25) is 0 Å². The van der Waals surface area contributed by atoms with Crippen molar-refractivity contribution < 1.29 is 0 Å². The quantitative estimate of drug-likeness (QED) is 0.0899. The summed E-state index contributed by atoms with van der Waals surface area (Å²) >= 11 is 0. The van der Waals surface area contributed by atoms with E-state index in [9.17, 15) is 0 Å². The van der Waals surface area contributed by atoms with Crippen molar-refractivity contribution >= 4 is 92.0 Å². The summed E-state index contributed by atoms with van der Waals surface area (Å²) in [6, 6.07) is 125. The zero-order valence-electron chi connectivity index (χ0n) is 56.5. The highest BCUT2D eigenvalue weighted by molar-refractivity contribution is 6.16. The number of hydrogen-bond donors (Lipinski definition) is 0. The third kappa shape index (κ3) is 13.5. The van der Waals surface area contributed by atoms with E-state index in [1.807, 2.05) is 48.5 Å². The lowest BCUT2D eigenvalue weighted by molar-refractivity contribution is 1.30. The van der Waals surface area contributed by atoms with E-state index in [1.54, 1.807) is 0 Å². The molecule has 8 nitrogen and oxygen atoms in total. The van der Waals surface area contributed by atoms with Gasteiger partial charge < -0.3 is 9.97 Å². The number of benzene rings is 12. The third-order valence-corrected chi connectivity index (χ3v) is 18.6. The van der Waals surface area contributed by atoms with Crippen LogP contribution in [0, 0.1) is 0 Å². The smallest absolute Gasteiger partial charge is 0.0781 e. The highest BCUT2D eigenvalue weighted by atomic mass is 14.8. The second-order valence-corrected chi connectivity index (χ2v) is 25.3. The molecule has 0 saturated heterocycles. The molecule has 17 rings (SSSR count). The first-order chi connectivity index (χ1) is 51.5. The van der Waals surface area contributed by atoms with Gasteiger partial charge in [-0.05, 0) is 117 Å². The van der Waals surface area contributed by atoms with Crippen molar-refractivity contribution in [3.63, 3.8) is 0 Å². The zero-order valence-corrected chi connectivity index (χ0v) is 56.5. The van der Waals surface area contributed by atoms with Gasteiger partial charge in [0.15, 0.2) is 0 Å². The molecule has 104 heavy (non-hydrogen) atoms. The molecule has 0 radical (unpaired) electrons. The molecule has 15 aromatic rings. The van der Waals surface area contributed by atoms with E-state index in [4.69, 9.17) is 39.9 Å². The van der Waals surface area contributed by atoms with E-state index >= 15 is 0 Å². The molecule has 0 N–H and O–H groups in total. The summed E-state index contributed by atoms with van der Waals surface area (Å²) in [5.41, 5.74) is 28.0. The monoisotopic (exact) mass is 1330 g/mol. The van der Waals surface area contributed by atoms with Crippen LogP contribution < -0.4 is 9.97 Å². The molecule has 0 unspecified atom stereocenters. The van der Waals surface area contributed by atoms with Gasteiger partial charge >= 0.3 is 0 Å². The summed E-state index contributed by atoms with van der Waals surface area (Å²) in [6.45, 7) is 0. The average molecular weight is 1330 g/mol. The second kappa shape index (κ2) is 29.0. The van der Waals surface area contributed by atoms with Gasteiger partial charge in [-0.25, -0.2) is 29.9 Å². The van der Waals surface area contributed by atoms with Gasteiger partial charge in [-0.15, -0.1) is 22.1 Å². The van der Waals surface area contributed by atoms with E-state index in [1.165, 1.54) is 0 Å². The van der Waals surface area contributed by atoms with Crippen LogP contribution in [0.4, 0.5) is 22.7 Å². The predicted octanol–water partition coefficient (Wildman–Crippen LogP) is 23.3. The molecular weight excluding hydrogens is 1270 g/mol. The van der Waals surface area contributed by atoms with Gasteiger partial charge in [-0.1, -0.05) is 315 Å². The summed E-state index contributed by atoms with van der Waals surface area (Å²) in [5, 5.41) is 0. The molecule has 490 valence electrons. The Balaban J connectivity index is 0.886. The normalized spacial score (nSPS) is 11.4. The maximum atomic E-state index is 5.68. The van der Waals surface area contributed by atoms with Gasteiger partial charge in [-0.2, -0.15) is 0 Å². The highest BCUT2D eigenvalue weighted by Gasteiger charge is 2.19. The lowest BCUT2D eigenvalue weighted by Gasteiger charge is -2.14. The van der Waals surface area contributed by atoms with E-state index in [0.29, 0.717) is 0 Å². The molecule has 2 aliphatic heterocycles. The van der Waals surface area contributed by atoms with Crippen LogP contribution in [0.2, 0.25) is 0 Å². The van der Waals surface area contributed by atoms with Crippen molar-refractivity contribution in [2.24, 2.45) is 20.0 Å². The van der Waals surface area contributed by atoms with Crippen molar-refractivity contribution in [1.29, 1.82) is 0 Å². The first-order valence-corrected chi connectivity index (χ1v) is 34.8. The molecule has 8 heteroatoms. The van der Waals surface area contributed by atoms with Crippen LogP contribution in [-0.2, 0) is 0 Å². The number of aliphatic imine (C=N–C) groups is 4. The summed E-state index contributed by atoms with van der Waals surface area (Å²) in [6.07, 6.45) is 8.43. The third-order valence-electron chi connectivity index (χ3n) is 18.6. The minimum absolute atomic E-state index is 0.742. The second-order valence-electron chi connectivity index (χ2n) is 25.3. The number of nitrogens with zero attached hydrogens (tertiary/aromatic N) is 8. The fraction of sp³-hybridized carbons (Fsp3) is 0.